The molecule has 1 unspecified atom stereocenters. The fourth-order valence-electron chi connectivity index (χ4n) is 3.31. The molecule has 1 aromatic carbocycles. The summed E-state index contributed by atoms with van der Waals surface area (Å²) in [4.78, 5) is 5.01. The van der Waals surface area contributed by atoms with E-state index in [4.69, 9.17) is 5.73 Å². The number of piperidine rings is 1. The molecule has 1 fully saturated rings. The zero-order chi connectivity index (χ0) is 15.4. The van der Waals surface area contributed by atoms with Crippen molar-refractivity contribution in [2.24, 2.45) is 5.73 Å². The Bertz CT molecular complexity index is 448. The van der Waals surface area contributed by atoms with Crippen LogP contribution >= 0.6 is 0 Å². The number of hydrogen-bond donors (Lipinski definition) is 1. The lowest BCUT2D eigenvalue weighted by molar-refractivity contribution is 0.221. The Morgan fingerprint density at radius 2 is 2.00 bits per heavy atom. The number of nitrogens with zero attached hydrogens (tertiary/aromatic N) is 2. The van der Waals surface area contributed by atoms with Crippen molar-refractivity contribution in [2.45, 2.75) is 52.1 Å². The van der Waals surface area contributed by atoms with E-state index >= 15 is 0 Å². The van der Waals surface area contributed by atoms with Crippen LogP contribution in [0.3, 0.4) is 0 Å². The van der Waals surface area contributed by atoms with E-state index < -0.39 is 0 Å². The molecule has 0 radical (unpaired) electrons. The summed E-state index contributed by atoms with van der Waals surface area (Å²) in [6.45, 7) is 10.2. The molecular weight excluding hydrogens is 258 g/mol. The zero-order valence-corrected chi connectivity index (χ0v) is 14.1. The topological polar surface area (TPSA) is 32.5 Å². The fourth-order valence-corrected chi connectivity index (χ4v) is 3.31. The van der Waals surface area contributed by atoms with Crippen molar-refractivity contribution in [3.05, 3.63) is 29.3 Å². The molecule has 1 heterocycles. The average Bonchev–Trinajstić information content (AvgIpc) is 2.48. The fraction of sp³-hybridized carbons (Fsp3) is 0.667. The van der Waals surface area contributed by atoms with Gasteiger partial charge in [0.15, 0.2) is 0 Å². The predicted molar refractivity (Wildman–Crippen MR) is 92.1 cm³/mol. The van der Waals surface area contributed by atoms with Gasteiger partial charge in [-0.15, -0.1) is 0 Å². The number of benzene rings is 1. The number of aryl methyl sites for hydroxylation is 1. The Balaban J connectivity index is 2.03. The van der Waals surface area contributed by atoms with Gasteiger partial charge in [0.05, 0.1) is 0 Å². The first-order chi connectivity index (χ1) is 10.0. The van der Waals surface area contributed by atoms with E-state index in [2.05, 4.69) is 55.8 Å². The van der Waals surface area contributed by atoms with Crippen LogP contribution in [0, 0.1) is 6.92 Å². The largest absolute Gasteiger partial charge is 0.372 e. The third-order valence-corrected chi connectivity index (χ3v) is 4.83. The number of nitrogens with two attached hydrogens (primary N) is 1. The van der Waals surface area contributed by atoms with Crippen LogP contribution in [0.2, 0.25) is 0 Å². The van der Waals surface area contributed by atoms with Crippen LogP contribution in [0.4, 0.5) is 5.69 Å². The van der Waals surface area contributed by atoms with Crippen LogP contribution in [0.1, 0.15) is 37.8 Å². The van der Waals surface area contributed by atoms with Crippen LogP contribution in [0.15, 0.2) is 18.2 Å². The van der Waals surface area contributed by atoms with E-state index in [0.717, 1.165) is 6.42 Å². The summed E-state index contributed by atoms with van der Waals surface area (Å²) >= 11 is 0. The molecule has 0 saturated carbocycles. The molecule has 3 heteroatoms. The molecule has 2 N–H and O–H groups in total. The van der Waals surface area contributed by atoms with Gasteiger partial charge in [0.25, 0.3) is 0 Å². The quantitative estimate of drug-likeness (QED) is 0.904. The first-order valence-electron chi connectivity index (χ1n) is 8.31. The van der Waals surface area contributed by atoms with Crippen LogP contribution in [0.25, 0.3) is 0 Å². The minimum Gasteiger partial charge on any atom is -0.372 e. The molecule has 0 amide bonds. The highest BCUT2D eigenvalue weighted by molar-refractivity contribution is 5.51. The lowest BCUT2D eigenvalue weighted by atomic mass is 9.99. The van der Waals surface area contributed by atoms with Crippen molar-refractivity contribution in [1.29, 1.82) is 0 Å². The smallest absolute Gasteiger partial charge is 0.0368 e. The Labute approximate surface area is 130 Å². The monoisotopic (exact) mass is 289 g/mol. The molecule has 3 nitrogen and oxygen atoms in total. The molecule has 0 bridgehead atoms. The predicted octanol–water partition coefficient (Wildman–Crippen LogP) is 2.81. The lowest BCUT2D eigenvalue weighted by Gasteiger charge is -2.37. The van der Waals surface area contributed by atoms with Crippen molar-refractivity contribution >= 4 is 5.69 Å². The van der Waals surface area contributed by atoms with Crippen molar-refractivity contribution in [1.82, 2.24) is 4.90 Å². The van der Waals surface area contributed by atoms with E-state index in [0.29, 0.717) is 6.04 Å². The SMILES string of the molecule is CCN1CCC(N(C)c2ccc(CC(C)N)c(C)c2)CC1. The second-order valence-electron chi connectivity index (χ2n) is 6.57. The van der Waals surface area contributed by atoms with E-state index in [9.17, 15) is 0 Å². The standard InChI is InChI=1S/C18H31N3/c1-5-21-10-8-17(9-11-21)20(4)18-7-6-16(13-15(3)19)14(2)12-18/h6-7,12,15,17H,5,8-11,13,19H2,1-4H3. The molecule has 118 valence electrons. The molecule has 1 aliphatic rings. The van der Waals surface area contributed by atoms with Crippen LogP contribution in [-0.4, -0.2) is 43.7 Å². The second-order valence-corrected chi connectivity index (χ2v) is 6.57. The van der Waals surface area contributed by atoms with E-state index in [1.165, 1.54) is 49.3 Å². The van der Waals surface area contributed by atoms with Crippen molar-refractivity contribution in [3.8, 4) is 0 Å². The van der Waals surface area contributed by atoms with E-state index in [1.807, 2.05) is 0 Å². The van der Waals surface area contributed by atoms with Gasteiger partial charge in [-0.3, -0.25) is 0 Å². The minimum absolute atomic E-state index is 0.227. The molecule has 1 aliphatic heterocycles. The van der Waals surface area contributed by atoms with Gasteiger partial charge < -0.3 is 15.5 Å². The highest BCUT2D eigenvalue weighted by Gasteiger charge is 2.22. The Kier molecular flexibility index (Phi) is 5.65. The maximum Gasteiger partial charge on any atom is 0.0368 e. The van der Waals surface area contributed by atoms with Gasteiger partial charge in [-0.1, -0.05) is 13.0 Å². The molecule has 2 rings (SSSR count). The maximum atomic E-state index is 5.92. The van der Waals surface area contributed by atoms with Crippen molar-refractivity contribution in [3.63, 3.8) is 0 Å². The van der Waals surface area contributed by atoms with Gasteiger partial charge in [-0.2, -0.15) is 0 Å². The summed E-state index contributed by atoms with van der Waals surface area (Å²) < 4.78 is 0. The second kappa shape index (κ2) is 7.28. The lowest BCUT2D eigenvalue weighted by Crippen LogP contribution is -2.43. The normalized spacial score (nSPS) is 18.7. The third-order valence-electron chi connectivity index (χ3n) is 4.83. The minimum atomic E-state index is 0.227. The molecular formula is C18H31N3. The average molecular weight is 289 g/mol. The van der Waals surface area contributed by atoms with Crippen molar-refractivity contribution in [2.75, 3.05) is 31.6 Å². The Morgan fingerprint density at radius 3 is 2.52 bits per heavy atom. The summed E-state index contributed by atoms with van der Waals surface area (Å²) in [5.41, 5.74) is 10.0. The van der Waals surface area contributed by atoms with Crippen LogP contribution in [0.5, 0.6) is 0 Å². The van der Waals surface area contributed by atoms with Gasteiger partial charge in [0.2, 0.25) is 0 Å². The van der Waals surface area contributed by atoms with Crippen LogP contribution in [-0.2, 0) is 6.42 Å². The maximum absolute atomic E-state index is 5.92. The summed E-state index contributed by atoms with van der Waals surface area (Å²) in [6, 6.07) is 7.74. The molecule has 1 atom stereocenters. The first kappa shape index (κ1) is 16.3. The Hall–Kier alpha value is -1.06. The van der Waals surface area contributed by atoms with Crippen molar-refractivity contribution < 1.29 is 0 Å². The molecule has 21 heavy (non-hydrogen) atoms. The molecule has 1 saturated heterocycles. The third kappa shape index (κ3) is 4.21. The molecule has 0 aromatic heterocycles. The van der Waals surface area contributed by atoms with Crippen LogP contribution < -0.4 is 10.6 Å². The number of anilines is 1. The van der Waals surface area contributed by atoms with E-state index in [1.54, 1.807) is 0 Å². The Morgan fingerprint density at radius 1 is 1.33 bits per heavy atom. The number of rotatable bonds is 5. The van der Waals surface area contributed by atoms with Gasteiger partial charge in [-0.05, 0) is 62.9 Å². The highest BCUT2D eigenvalue weighted by atomic mass is 15.2. The molecule has 1 aromatic rings. The zero-order valence-electron chi connectivity index (χ0n) is 14.1. The molecule has 0 spiro atoms. The van der Waals surface area contributed by atoms with Gasteiger partial charge in [-0.25, -0.2) is 0 Å². The van der Waals surface area contributed by atoms with E-state index in [-0.39, 0.29) is 6.04 Å². The number of hydrogen-bond acceptors (Lipinski definition) is 3. The first-order valence-corrected chi connectivity index (χ1v) is 8.31. The number of likely N-dealkylation sites (tertiary alicyclic amines) is 1. The molecule has 0 aliphatic carbocycles. The van der Waals surface area contributed by atoms with Gasteiger partial charge >= 0.3 is 0 Å². The van der Waals surface area contributed by atoms with Gasteiger partial charge in [0.1, 0.15) is 0 Å². The summed E-state index contributed by atoms with van der Waals surface area (Å²) in [7, 11) is 2.24. The summed E-state index contributed by atoms with van der Waals surface area (Å²) in [6.07, 6.45) is 3.50. The highest BCUT2D eigenvalue weighted by Crippen LogP contribution is 2.24. The summed E-state index contributed by atoms with van der Waals surface area (Å²) in [5.74, 6) is 0. The summed E-state index contributed by atoms with van der Waals surface area (Å²) in [5, 5.41) is 0. The van der Waals surface area contributed by atoms with Gasteiger partial charge in [0, 0.05) is 37.9 Å².